The van der Waals surface area contributed by atoms with Crippen molar-refractivity contribution in [2.75, 3.05) is 26.8 Å². The number of amides is 1. The first-order valence-corrected chi connectivity index (χ1v) is 10.4. The highest BCUT2D eigenvalue weighted by Gasteiger charge is 2.36. The summed E-state index contributed by atoms with van der Waals surface area (Å²) in [6, 6.07) is 5.30. The maximum atomic E-state index is 14.0. The van der Waals surface area contributed by atoms with Gasteiger partial charge < -0.3 is 19.5 Å². The summed E-state index contributed by atoms with van der Waals surface area (Å²) in [6.45, 7) is 3.85. The molecule has 5 nitrogen and oxygen atoms in total. The molecule has 1 saturated heterocycles. The van der Waals surface area contributed by atoms with Crippen molar-refractivity contribution >= 4 is 16.8 Å². The highest BCUT2D eigenvalue weighted by molar-refractivity contribution is 5.85. The first kappa shape index (κ1) is 19.4. The standard InChI is InChI=1S/C22H30FN3O2/c1-28-11-3-10-25-14-17(20-12-18(23)5-8-21(20)25)15-26(19-6-7-19)22(27)16-4-2-9-24-13-16/h5,8,12,14,16,19,24H,2-4,6-7,9-11,13,15H2,1H3/t16-/m1/s1. The Morgan fingerprint density at radius 3 is 2.93 bits per heavy atom. The molecule has 0 unspecified atom stereocenters. The van der Waals surface area contributed by atoms with Crippen LogP contribution in [0.15, 0.2) is 24.4 Å². The van der Waals surface area contributed by atoms with E-state index < -0.39 is 0 Å². The second-order valence-corrected chi connectivity index (χ2v) is 8.10. The zero-order valence-electron chi connectivity index (χ0n) is 16.6. The van der Waals surface area contributed by atoms with E-state index in [1.165, 1.54) is 6.07 Å². The molecular formula is C22H30FN3O2. The lowest BCUT2D eigenvalue weighted by molar-refractivity contribution is -0.137. The van der Waals surface area contributed by atoms with E-state index in [0.29, 0.717) is 19.2 Å². The molecule has 2 fully saturated rings. The van der Waals surface area contributed by atoms with Crippen LogP contribution in [0.2, 0.25) is 0 Å². The van der Waals surface area contributed by atoms with Crippen molar-refractivity contribution in [2.45, 2.75) is 51.2 Å². The predicted molar refractivity (Wildman–Crippen MR) is 108 cm³/mol. The van der Waals surface area contributed by atoms with Crippen molar-refractivity contribution in [3.05, 3.63) is 35.8 Å². The smallest absolute Gasteiger partial charge is 0.227 e. The van der Waals surface area contributed by atoms with Gasteiger partial charge in [0.1, 0.15) is 5.82 Å². The number of nitrogens with zero attached hydrogens (tertiary/aromatic N) is 2. The lowest BCUT2D eigenvalue weighted by Crippen LogP contribution is -2.43. The molecule has 1 aliphatic carbocycles. The molecule has 2 heterocycles. The molecule has 28 heavy (non-hydrogen) atoms. The Morgan fingerprint density at radius 1 is 1.36 bits per heavy atom. The minimum absolute atomic E-state index is 0.0705. The number of fused-ring (bicyclic) bond motifs is 1. The van der Waals surface area contributed by atoms with Crippen molar-refractivity contribution in [2.24, 2.45) is 5.92 Å². The van der Waals surface area contributed by atoms with Gasteiger partial charge in [-0.1, -0.05) is 0 Å². The zero-order chi connectivity index (χ0) is 19.5. The van der Waals surface area contributed by atoms with Gasteiger partial charge in [0.25, 0.3) is 0 Å². The van der Waals surface area contributed by atoms with E-state index >= 15 is 0 Å². The van der Waals surface area contributed by atoms with E-state index in [9.17, 15) is 9.18 Å². The van der Waals surface area contributed by atoms with Crippen molar-refractivity contribution in [1.29, 1.82) is 0 Å². The van der Waals surface area contributed by atoms with Crippen LogP contribution in [0.3, 0.4) is 0 Å². The molecule has 1 N–H and O–H groups in total. The highest BCUT2D eigenvalue weighted by Crippen LogP contribution is 2.33. The monoisotopic (exact) mass is 387 g/mol. The third-order valence-electron chi connectivity index (χ3n) is 5.93. The van der Waals surface area contributed by atoms with Crippen LogP contribution in [0.4, 0.5) is 4.39 Å². The first-order valence-electron chi connectivity index (χ1n) is 10.4. The van der Waals surface area contributed by atoms with Crippen LogP contribution in [0.25, 0.3) is 10.9 Å². The fourth-order valence-electron chi connectivity index (χ4n) is 4.29. The number of halogens is 1. The molecular weight excluding hydrogens is 357 g/mol. The number of nitrogens with one attached hydrogen (secondary N) is 1. The van der Waals surface area contributed by atoms with Crippen LogP contribution < -0.4 is 5.32 Å². The molecule has 0 spiro atoms. The lowest BCUT2D eigenvalue weighted by Gasteiger charge is -2.29. The van der Waals surface area contributed by atoms with E-state index in [0.717, 1.165) is 68.2 Å². The van der Waals surface area contributed by atoms with Crippen LogP contribution in [0.5, 0.6) is 0 Å². The average Bonchev–Trinajstić information content (AvgIpc) is 3.50. The molecule has 4 rings (SSSR count). The van der Waals surface area contributed by atoms with Gasteiger partial charge >= 0.3 is 0 Å². The van der Waals surface area contributed by atoms with Crippen LogP contribution in [0, 0.1) is 11.7 Å². The van der Waals surface area contributed by atoms with E-state index in [1.54, 1.807) is 13.2 Å². The molecule has 1 saturated carbocycles. The normalized spacial score (nSPS) is 19.9. The Labute approximate surface area is 165 Å². The van der Waals surface area contributed by atoms with Crippen molar-refractivity contribution in [3.63, 3.8) is 0 Å². The number of aromatic nitrogens is 1. The molecule has 2 aliphatic rings. The lowest BCUT2D eigenvalue weighted by atomic mass is 9.97. The summed E-state index contributed by atoms with van der Waals surface area (Å²) in [5, 5.41) is 4.27. The molecule has 0 radical (unpaired) electrons. The van der Waals surface area contributed by atoms with Crippen LogP contribution in [-0.4, -0.2) is 48.2 Å². The fraction of sp³-hybridized carbons (Fsp3) is 0.591. The Hall–Kier alpha value is -1.92. The van der Waals surface area contributed by atoms with E-state index in [4.69, 9.17) is 4.74 Å². The SMILES string of the molecule is COCCCn1cc(CN(C(=O)[C@@H]2CCCNC2)C2CC2)c2cc(F)ccc21. The number of carbonyl (C=O) groups excluding carboxylic acids is 1. The number of benzene rings is 1. The van der Waals surface area contributed by atoms with Crippen LogP contribution >= 0.6 is 0 Å². The molecule has 6 heteroatoms. The fourth-order valence-corrected chi connectivity index (χ4v) is 4.29. The third kappa shape index (κ3) is 4.23. The van der Waals surface area contributed by atoms with Gasteiger partial charge in [0, 0.05) is 56.5 Å². The third-order valence-corrected chi connectivity index (χ3v) is 5.93. The number of rotatable bonds is 8. The molecule has 1 atom stereocenters. The molecule has 1 aromatic heterocycles. The summed E-state index contributed by atoms with van der Waals surface area (Å²) in [5.41, 5.74) is 2.06. The topological polar surface area (TPSA) is 46.5 Å². The maximum absolute atomic E-state index is 14.0. The second-order valence-electron chi connectivity index (χ2n) is 8.10. The molecule has 1 aliphatic heterocycles. The summed E-state index contributed by atoms with van der Waals surface area (Å²) in [7, 11) is 1.70. The van der Waals surface area contributed by atoms with Gasteiger partial charge in [-0.05, 0) is 62.4 Å². The average molecular weight is 387 g/mol. The molecule has 152 valence electrons. The summed E-state index contributed by atoms with van der Waals surface area (Å²) < 4.78 is 21.3. The number of ether oxygens (including phenoxy) is 1. The predicted octanol–water partition coefficient (Wildman–Crippen LogP) is 3.31. The molecule has 2 aromatic rings. The Balaban J connectivity index is 1.59. The number of hydrogen-bond acceptors (Lipinski definition) is 3. The number of piperidine rings is 1. The van der Waals surface area contributed by atoms with Crippen molar-refractivity contribution in [1.82, 2.24) is 14.8 Å². The number of hydrogen-bond donors (Lipinski definition) is 1. The Bertz CT molecular complexity index is 825. The largest absolute Gasteiger partial charge is 0.385 e. The summed E-state index contributed by atoms with van der Waals surface area (Å²) in [6.07, 6.45) is 7.17. The Kier molecular flexibility index (Phi) is 5.97. The molecule has 1 aromatic carbocycles. The number of aryl methyl sites for hydroxylation is 1. The van der Waals surface area contributed by atoms with Gasteiger partial charge in [-0.3, -0.25) is 4.79 Å². The summed E-state index contributed by atoms with van der Waals surface area (Å²) >= 11 is 0. The van der Waals surface area contributed by atoms with E-state index in [1.807, 2.05) is 6.07 Å². The van der Waals surface area contributed by atoms with Crippen LogP contribution in [0.1, 0.15) is 37.7 Å². The summed E-state index contributed by atoms with van der Waals surface area (Å²) in [4.78, 5) is 15.2. The number of methoxy groups -OCH3 is 1. The maximum Gasteiger partial charge on any atom is 0.227 e. The summed E-state index contributed by atoms with van der Waals surface area (Å²) in [5.74, 6) is 0.0942. The molecule has 0 bridgehead atoms. The van der Waals surface area contributed by atoms with Crippen molar-refractivity contribution < 1.29 is 13.9 Å². The highest BCUT2D eigenvalue weighted by atomic mass is 19.1. The van der Waals surface area contributed by atoms with Gasteiger partial charge in [-0.2, -0.15) is 0 Å². The van der Waals surface area contributed by atoms with E-state index in [2.05, 4.69) is 21.0 Å². The quantitative estimate of drug-likeness (QED) is 0.707. The van der Waals surface area contributed by atoms with Crippen LogP contribution in [-0.2, 0) is 22.6 Å². The Morgan fingerprint density at radius 2 is 2.21 bits per heavy atom. The number of carbonyl (C=O) groups is 1. The van der Waals surface area contributed by atoms with Gasteiger partial charge in [0.2, 0.25) is 5.91 Å². The van der Waals surface area contributed by atoms with Gasteiger partial charge in [-0.15, -0.1) is 0 Å². The van der Waals surface area contributed by atoms with Gasteiger partial charge in [-0.25, -0.2) is 4.39 Å². The zero-order valence-corrected chi connectivity index (χ0v) is 16.6. The minimum Gasteiger partial charge on any atom is -0.385 e. The van der Waals surface area contributed by atoms with Crippen molar-refractivity contribution in [3.8, 4) is 0 Å². The second kappa shape index (κ2) is 8.62. The van der Waals surface area contributed by atoms with Gasteiger partial charge in [0.05, 0.1) is 5.92 Å². The molecule has 1 amide bonds. The van der Waals surface area contributed by atoms with Gasteiger partial charge in [0.15, 0.2) is 0 Å². The first-order chi connectivity index (χ1) is 13.7. The minimum atomic E-state index is -0.232. The van der Waals surface area contributed by atoms with E-state index in [-0.39, 0.29) is 17.6 Å².